The van der Waals surface area contributed by atoms with Crippen molar-refractivity contribution in [2.45, 2.75) is 19.8 Å². The van der Waals surface area contributed by atoms with Gasteiger partial charge in [-0.1, -0.05) is 13.0 Å². The van der Waals surface area contributed by atoms with Gasteiger partial charge >= 0.3 is 5.97 Å². The number of carboxylic acids is 1. The molecule has 1 N–H and O–H groups in total. The van der Waals surface area contributed by atoms with Crippen molar-refractivity contribution in [2.24, 2.45) is 0 Å². The number of hydrogen-bond donors (Lipinski definition) is 1. The number of aryl methyl sites for hydroxylation is 1. The van der Waals surface area contributed by atoms with E-state index in [4.69, 9.17) is 10.4 Å². The molecule has 1 aromatic carbocycles. The standard InChI is InChI=1S/C11H10N2O4/c1-2-7-3-4-10(13(16)17)9(6-12)8(7)5-11(14)15/h3-4H,2,5H2,1H3,(H,14,15). The second-order valence-electron chi connectivity index (χ2n) is 3.39. The predicted octanol–water partition coefficient (Wildman–Crippen LogP) is 1.66. The summed E-state index contributed by atoms with van der Waals surface area (Å²) in [6.07, 6.45) is 0.142. The number of nitriles is 1. The summed E-state index contributed by atoms with van der Waals surface area (Å²) in [6.45, 7) is 1.80. The minimum Gasteiger partial charge on any atom is -0.481 e. The van der Waals surface area contributed by atoms with Gasteiger partial charge in [-0.3, -0.25) is 14.9 Å². The molecule has 6 nitrogen and oxygen atoms in total. The van der Waals surface area contributed by atoms with E-state index in [0.29, 0.717) is 12.0 Å². The molecular weight excluding hydrogens is 224 g/mol. The van der Waals surface area contributed by atoms with Gasteiger partial charge in [0.15, 0.2) is 0 Å². The van der Waals surface area contributed by atoms with Crippen molar-refractivity contribution in [3.05, 3.63) is 38.9 Å². The molecule has 0 aliphatic rings. The first-order valence-electron chi connectivity index (χ1n) is 4.92. The van der Waals surface area contributed by atoms with E-state index in [1.54, 1.807) is 13.0 Å². The first-order valence-corrected chi connectivity index (χ1v) is 4.92. The third-order valence-corrected chi connectivity index (χ3v) is 2.41. The van der Waals surface area contributed by atoms with Crippen molar-refractivity contribution >= 4 is 11.7 Å². The molecule has 1 rings (SSSR count). The number of nitro groups is 1. The second kappa shape index (κ2) is 5.07. The molecule has 0 heterocycles. The molecule has 0 fully saturated rings. The van der Waals surface area contributed by atoms with Gasteiger partial charge in [-0.15, -0.1) is 0 Å². The van der Waals surface area contributed by atoms with Crippen molar-refractivity contribution in [3.63, 3.8) is 0 Å². The van der Waals surface area contributed by atoms with Crippen LogP contribution >= 0.6 is 0 Å². The monoisotopic (exact) mass is 234 g/mol. The molecule has 0 aliphatic heterocycles. The highest BCUT2D eigenvalue weighted by Gasteiger charge is 2.21. The molecule has 17 heavy (non-hydrogen) atoms. The summed E-state index contributed by atoms with van der Waals surface area (Å²) in [5.41, 5.74) is 0.379. The van der Waals surface area contributed by atoms with E-state index in [-0.39, 0.29) is 23.2 Å². The number of aliphatic carboxylic acids is 1. The smallest absolute Gasteiger partial charge is 0.307 e. The van der Waals surface area contributed by atoms with Gasteiger partial charge in [-0.2, -0.15) is 5.26 Å². The van der Waals surface area contributed by atoms with Crippen LogP contribution in [0.15, 0.2) is 12.1 Å². The third kappa shape index (κ3) is 2.58. The Morgan fingerprint density at radius 1 is 1.59 bits per heavy atom. The zero-order chi connectivity index (χ0) is 13.0. The lowest BCUT2D eigenvalue weighted by atomic mass is 9.96. The summed E-state index contributed by atoms with van der Waals surface area (Å²) >= 11 is 0. The third-order valence-electron chi connectivity index (χ3n) is 2.41. The van der Waals surface area contributed by atoms with Crippen molar-refractivity contribution < 1.29 is 14.8 Å². The Balaban J connectivity index is 3.49. The summed E-state index contributed by atoms with van der Waals surface area (Å²) < 4.78 is 0. The number of nitro benzene ring substituents is 1. The number of nitrogens with zero attached hydrogens (tertiary/aromatic N) is 2. The van der Waals surface area contributed by atoms with Crippen molar-refractivity contribution in [2.75, 3.05) is 0 Å². The first-order chi connectivity index (χ1) is 8.01. The average molecular weight is 234 g/mol. The molecule has 0 spiro atoms. The number of carbonyl (C=O) groups is 1. The molecule has 0 aromatic heterocycles. The largest absolute Gasteiger partial charge is 0.481 e. The van der Waals surface area contributed by atoms with E-state index in [1.165, 1.54) is 12.1 Å². The van der Waals surface area contributed by atoms with Crippen LogP contribution in [0.1, 0.15) is 23.6 Å². The van der Waals surface area contributed by atoms with Crippen molar-refractivity contribution in [3.8, 4) is 6.07 Å². The molecular formula is C11H10N2O4. The van der Waals surface area contributed by atoms with Gasteiger partial charge < -0.3 is 5.11 Å². The van der Waals surface area contributed by atoms with Gasteiger partial charge in [0.25, 0.3) is 5.69 Å². The highest BCUT2D eigenvalue weighted by Crippen LogP contribution is 2.25. The van der Waals surface area contributed by atoms with Crippen molar-refractivity contribution in [1.82, 2.24) is 0 Å². The van der Waals surface area contributed by atoms with E-state index in [1.807, 2.05) is 0 Å². The summed E-state index contributed by atoms with van der Waals surface area (Å²) in [6, 6.07) is 4.46. The van der Waals surface area contributed by atoms with E-state index in [2.05, 4.69) is 0 Å². The summed E-state index contributed by atoms with van der Waals surface area (Å²) in [5.74, 6) is -1.11. The van der Waals surface area contributed by atoms with Crippen LogP contribution in [0, 0.1) is 21.4 Å². The van der Waals surface area contributed by atoms with E-state index < -0.39 is 10.9 Å². The zero-order valence-corrected chi connectivity index (χ0v) is 9.14. The number of benzene rings is 1. The lowest BCUT2D eigenvalue weighted by molar-refractivity contribution is -0.385. The highest BCUT2D eigenvalue weighted by molar-refractivity contribution is 5.73. The minimum absolute atomic E-state index is 0.156. The van der Waals surface area contributed by atoms with Crippen LogP contribution < -0.4 is 0 Å². The van der Waals surface area contributed by atoms with Gasteiger partial charge in [0.2, 0.25) is 0 Å². The molecule has 0 bridgehead atoms. The Morgan fingerprint density at radius 2 is 2.24 bits per heavy atom. The average Bonchev–Trinajstić information content (AvgIpc) is 2.27. The normalized spacial score (nSPS) is 9.65. The fraction of sp³-hybridized carbons (Fsp3) is 0.273. The Morgan fingerprint density at radius 3 is 2.65 bits per heavy atom. The highest BCUT2D eigenvalue weighted by atomic mass is 16.6. The van der Waals surface area contributed by atoms with Gasteiger partial charge in [0.1, 0.15) is 11.6 Å². The van der Waals surface area contributed by atoms with E-state index >= 15 is 0 Å². The summed E-state index contributed by atoms with van der Waals surface area (Å²) in [7, 11) is 0. The van der Waals surface area contributed by atoms with Crippen LogP contribution in [0.5, 0.6) is 0 Å². The van der Waals surface area contributed by atoms with E-state index in [9.17, 15) is 14.9 Å². The molecule has 6 heteroatoms. The van der Waals surface area contributed by atoms with Crippen LogP contribution in [0.3, 0.4) is 0 Å². The molecule has 0 saturated carbocycles. The van der Waals surface area contributed by atoms with Gasteiger partial charge in [-0.25, -0.2) is 0 Å². The van der Waals surface area contributed by atoms with Crippen LogP contribution in [-0.4, -0.2) is 16.0 Å². The Kier molecular flexibility index (Phi) is 3.78. The molecule has 0 radical (unpaired) electrons. The van der Waals surface area contributed by atoms with Gasteiger partial charge in [0, 0.05) is 6.07 Å². The van der Waals surface area contributed by atoms with Crippen LogP contribution in [0.25, 0.3) is 0 Å². The van der Waals surface area contributed by atoms with Crippen LogP contribution in [0.4, 0.5) is 5.69 Å². The Labute approximate surface area is 97.3 Å². The number of rotatable bonds is 4. The minimum atomic E-state index is -1.11. The Hall–Kier alpha value is -2.42. The fourth-order valence-electron chi connectivity index (χ4n) is 1.64. The lowest BCUT2D eigenvalue weighted by Gasteiger charge is -2.07. The van der Waals surface area contributed by atoms with Crippen molar-refractivity contribution in [1.29, 1.82) is 5.26 Å². The summed E-state index contributed by atoms with van der Waals surface area (Å²) in [4.78, 5) is 20.8. The van der Waals surface area contributed by atoms with Gasteiger partial charge in [-0.05, 0) is 17.5 Å². The maximum Gasteiger partial charge on any atom is 0.307 e. The topological polar surface area (TPSA) is 104 Å². The molecule has 0 unspecified atom stereocenters. The summed E-state index contributed by atoms with van der Waals surface area (Å²) in [5, 5.41) is 28.4. The molecule has 0 amide bonds. The van der Waals surface area contributed by atoms with E-state index in [0.717, 1.165) is 0 Å². The molecule has 0 atom stereocenters. The van der Waals surface area contributed by atoms with Gasteiger partial charge in [0.05, 0.1) is 11.3 Å². The number of carboxylic acid groups (broad SMARTS) is 1. The predicted molar refractivity (Wildman–Crippen MR) is 58.5 cm³/mol. The maximum atomic E-state index is 10.7. The second-order valence-corrected chi connectivity index (χ2v) is 3.39. The zero-order valence-electron chi connectivity index (χ0n) is 9.14. The van der Waals surface area contributed by atoms with Crippen LogP contribution in [-0.2, 0) is 17.6 Å². The molecule has 88 valence electrons. The SMILES string of the molecule is CCc1ccc([N+](=O)[O-])c(C#N)c1CC(=O)O. The Bertz CT molecular complexity index is 517. The fourth-order valence-corrected chi connectivity index (χ4v) is 1.64. The molecule has 0 saturated heterocycles. The molecule has 1 aromatic rings. The first kappa shape index (κ1) is 12.6. The quantitative estimate of drug-likeness (QED) is 0.630. The maximum absolute atomic E-state index is 10.7. The lowest BCUT2D eigenvalue weighted by Crippen LogP contribution is -2.08. The van der Waals surface area contributed by atoms with Crippen LogP contribution in [0.2, 0.25) is 0 Å². The number of hydrogen-bond acceptors (Lipinski definition) is 4. The molecule has 0 aliphatic carbocycles.